The molecular formula is C19H26N2O2S. The zero-order valence-corrected chi connectivity index (χ0v) is 15.9. The quantitative estimate of drug-likeness (QED) is 0.849. The molecule has 1 saturated heterocycles. The van der Waals surface area contributed by atoms with E-state index in [0.29, 0.717) is 11.4 Å². The van der Waals surface area contributed by atoms with Gasteiger partial charge in [-0.25, -0.2) is 8.42 Å². The van der Waals surface area contributed by atoms with E-state index in [-0.39, 0.29) is 6.04 Å². The predicted octanol–water partition coefficient (Wildman–Crippen LogP) is 3.78. The minimum Gasteiger partial charge on any atom is -0.353 e. The van der Waals surface area contributed by atoms with Crippen LogP contribution in [0.4, 0.5) is 0 Å². The maximum absolute atomic E-state index is 13.5. The molecule has 2 heterocycles. The maximum atomic E-state index is 13.5. The zero-order valence-electron chi connectivity index (χ0n) is 15.1. The minimum atomic E-state index is -3.52. The third-order valence-electron chi connectivity index (χ3n) is 5.39. The number of aromatic nitrogens is 1. The molecule has 0 amide bonds. The molecule has 1 fully saturated rings. The second-order valence-electron chi connectivity index (χ2n) is 6.91. The average Bonchev–Trinajstić information content (AvgIpc) is 3.13. The van der Waals surface area contributed by atoms with Gasteiger partial charge in [0.2, 0.25) is 10.0 Å². The highest BCUT2D eigenvalue weighted by Gasteiger charge is 2.38. The van der Waals surface area contributed by atoms with Gasteiger partial charge >= 0.3 is 0 Å². The van der Waals surface area contributed by atoms with Crippen molar-refractivity contribution in [2.24, 2.45) is 7.05 Å². The third kappa shape index (κ3) is 2.60. The van der Waals surface area contributed by atoms with Crippen LogP contribution in [0.3, 0.4) is 0 Å². The summed E-state index contributed by atoms with van der Waals surface area (Å²) in [5.74, 6) is 0. The van der Waals surface area contributed by atoms with Gasteiger partial charge in [-0.1, -0.05) is 6.07 Å². The van der Waals surface area contributed by atoms with Crippen molar-refractivity contribution in [1.29, 1.82) is 0 Å². The number of hydrogen-bond acceptors (Lipinski definition) is 2. The van der Waals surface area contributed by atoms with E-state index in [1.165, 1.54) is 0 Å². The van der Waals surface area contributed by atoms with Gasteiger partial charge in [-0.3, -0.25) is 0 Å². The first-order valence-corrected chi connectivity index (χ1v) is 9.89. The molecule has 0 saturated carbocycles. The second kappa shape index (κ2) is 6.05. The van der Waals surface area contributed by atoms with E-state index in [4.69, 9.17) is 0 Å². The van der Waals surface area contributed by atoms with Gasteiger partial charge in [-0.2, -0.15) is 4.31 Å². The van der Waals surface area contributed by atoms with Crippen molar-refractivity contribution in [2.45, 2.75) is 51.5 Å². The molecule has 0 radical (unpaired) electrons. The topological polar surface area (TPSA) is 42.3 Å². The number of benzene rings is 1. The fourth-order valence-corrected chi connectivity index (χ4v) is 6.08. The second-order valence-corrected chi connectivity index (χ2v) is 8.73. The maximum Gasteiger partial charge on any atom is 0.244 e. The summed E-state index contributed by atoms with van der Waals surface area (Å²) in [7, 11) is -1.54. The van der Waals surface area contributed by atoms with Gasteiger partial charge in [0.15, 0.2) is 0 Å². The van der Waals surface area contributed by atoms with Crippen molar-refractivity contribution in [3.63, 3.8) is 0 Å². The summed E-state index contributed by atoms with van der Waals surface area (Å²) in [6, 6.07) is 6.00. The molecule has 1 aliphatic rings. The van der Waals surface area contributed by atoms with Crippen molar-refractivity contribution in [1.82, 2.24) is 8.87 Å². The summed E-state index contributed by atoms with van der Waals surface area (Å²) in [4.78, 5) is 0.501. The largest absolute Gasteiger partial charge is 0.353 e. The fraction of sp³-hybridized carbons (Fsp3) is 0.474. The van der Waals surface area contributed by atoms with Crippen molar-refractivity contribution < 1.29 is 8.42 Å². The lowest BCUT2D eigenvalue weighted by Crippen LogP contribution is -2.32. The van der Waals surface area contributed by atoms with E-state index in [9.17, 15) is 8.42 Å². The van der Waals surface area contributed by atoms with Crippen LogP contribution in [-0.2, 0) is 17.1 Å². The van der Waals surface area contributed by atoms with Gasteiger partial charge in [0.05, 0.1) is 10.9 Å². The van der Waals surface area contributed by atoms with E-state index in [1.807, 2.05) is 57.6 Å². The van der Waals surface area contributed by atoms with Crippen molar-refractivity contribution >= 4 is 10.0 Å². The number of rotatable bonds is 3. The van der Waals surface area contributed by atoms with Crippen LogP contribution in [0.25, 0.3) is 0 Å². The molecule has 4 nitrogen and oxygen atoms in total. The van der Waals surface area contributed by atoms with Crippen molar-refractivity contribution in [3.8, 4) is 0 Å². The molecule has 24 heavy (non-hydrogen) atoms. The molecule has 0 bridgehead atoms. The van der Waals surface area contributed by atoms with Gasteiger partial charge in [-0.15, -0.1) is 0 Å². The molecule has 2 aromatic rings. The molecule has 5 heteroatoms. The Morgan fingerprint density at radius 1 is 1.08 bits per heavy atom. The normalized spacial score (nSPS) is 19.1. The first-order valence-electron chi connectivity index (χ1n) is 8.45. The smallest absolute Gasteiger partial charge is 0.244 e. The van der Waals surface area contributed by atoms with E-state index in [2.05, 4.69) is 6.07 Å². The van der Waals surface area contributed by atoms with Crippen LogP contribution >= 0.6 is 0 Å². The zero-order chi connectivity index (χ0) is 17.6. The first-order chi connectivity index (χ1) is 11.2. The van der Waals surface area contributed by atoms with Gasteiger partial charge in [-0.05, 0) is 74.9 Å². The Morgan fingerprint density at radius 2 is 1.71 bits per heavy atom. The summed E-state index contributed by atoms with van der Waals surface area (Å²) in [6.07, 6.45) is 3.75. The highest BCUT2D eigenvalue weighted by molar-refractivity contribution is 7.89. The van der Waals surface area contributed by atoms with Gasteiger partial charge < -0.3 is 4.57 Å². The molecular weight excluding hydrogens is 320 g/mol. The Hall–Kier alpha value is -1.59. The minimum absolute atomic E-state index is 0.0744. The summed E-state index contributed by atoms with van der Waals surface area (Å²) >= 11 is 0. The van der Waals surface area contributed by atoms with Crippen LogP contribution in [0.2, 0.25) is 0 Å². The van der Waals surface area contributed by atoms with Crippen LogP contribution in [0, 0.1) is 27.7 Å². The van der Waals surface area contributed by atoms with Gasteiger partial charge in [0.1, 0.15) is 0 Å². The molecule has 1 aromatic carbocycles. The molecule has 1 aliphatic heterocycles. The highest BCUT2D eigenvalue weighted by Crippen LogP contribution is 2.39. The van der Waals surface area contributed by atoms with E-state index >= 15 is 0 Å². The average molecular weight is 346 g/mol. The Bertz CT molecular complexity index is 855. The Morgan fingerprint density at radius 3 is 2.25 bits per heavy atom. The molecule has 0 aliphatic carbocycles. The molecule has 1 aromatic heterocycles. The Labute approximate surface area is 145 Å². The van der Waals surface area contributed by atoms with Crippen LogP contribution in [0.15, 0.2) is 29.3 Å². The molecule has 0 unspecified atom stereocenters. The number of hydrogen-bond donors (Lipinski definition) is 0. The Kier molecular flexibility index (Phi) is 4.34. The van der Waals surface area contributed by atoms with E-state index in [1.54, 1.807) is 4.31 Å². The third-order valence-corrected chi connectivity index (χ3v) is 7.58. The van der Waals surface area contributed by atoms with Crippen molar-refractivity contribution in [3.05, 3.63) is 52.3 Å². The number of sulfonamides is 1. The molecule has 130 valence electrons. The lowest BCUT2D eigenvalue weighted by atomic mass is 10.0. The van der Waals surface area contributed by atoms with Crippen molar-refractivity contribution in [2.75, 3.05) is 6.54 Å². The Balaban J connectivity index is 2.13. The summed E-state index contributed by atoms with van der Waals surface area (Å²) < 4.78 is 30.8. The number of aryl methyl sites for hydroxylation is 3. The monoisotopic (exact) mass is 346 g/mol. The summed E-state index contributed by atoms with van der Waals surface area (Å²) in [6.45, 7) is 8.40. The van der Waals surface area contributed by atoms with E-state index < -0.39 is 10.0 Å². The first kappa shape index (κ1) is 17.2. The molecule has 3 rings (SSSR count). The molecule has 0 spiro atoms. The van der Waals surface area contributed by atoms with Crippen LogP contribution in [0.5, 0.6) is 0 Å². The highest BCUT2D eigenvalue weighted by atomic mass is 32.2. The van der Waals surface area contributed by atoms with Crippen LogP contribution in [0.1, 0.15) is 46.8 Å². The number of nitrogens with zero attached hydrogens (tertiary/aromatic N) is 2. The lowest BCUT2D eigenvalue weighted by molar-refractivity contribution is 0.384. The van der Waals surface area contributed by atoms with Crippen LogP contribution in [-0.4, -0.2) is 23.8 Å². The summed E-state index contributed by atoms with van der Waals surface area (Å²) in [5, 5.41) is 0. The fourth-order valence-electron chi connectivity index (χ4n) is 3.83. The predicted molar refractivity (Wildman–Crippen MR) is 96.7 cm³/mol. The van der Waals surface area contributed by atoms with Gasteiger partial charge in [0, 0.05) is 25.5 Å². The SMILES string of the molecule is Cc1cc(C)c(C)c(S(=O)(=O)N2CCC[C@H]2c2cccn2C)c1C. The standard InChI is InChI=1S/C19H26N2O2S/c1-13-12-14(2)16(4)19(15(13)3)24(22,23)21-11-7-9-18(21)17-8-6-10-20(17)5/h6,8,10,12,18H,7,9,11H2,1-5H3/t18-/m0/s1. The van der Waals surface area contributed by atoms with Gasteiger partial charge in [0.25, 0.3) is 0 Å². The molecule has 1 atom stereocenters. The van der Waals surface area contributed by atoms with Crippen LogP contribution < -0.4 is 0 Å². The summed E-state index contributed by atoms with van der Waals surface area (Å²) in [5.41, 5.74) is 4.87. The lowest BCUT2D eigenvalue weighted by Gasteiger charge is -2.27. The van der Waals surface area contributed by atoms with E-state index in [0.717, 1.165) is 40.8 Å². The molecule has 0 N–H and O–H groups in total.